The van der Waals surface area contributed by atoms with Gasteiger partial charge in [-0.15, -0.1) is 0 Å². The number of amides is 4. The van der Waals surface area contributed by atoms with E-state index < -0.39 is 36.0 Å². The third-order valence-corrected chi connectivity index (χ3v) is 11.1. The summed E-state index contributed by atoms with van der Waals surface area (Å²) >= 11 is 0. The van der Waals surface area contributed by atoms with Crippen LogP contribution in [-0.2, 0) is 54.3 Å². The Morgan fingerprint density at radius 1 is 0.500 bits per heavy atom. The molecule has 2 N–H and O–H groups in total. The van der Waals surface area contributed by atoms with Gasteiger partial charge in [-0.2, -0.15) is 0 Å². The summed E-state index contributed by atoms with van der Waals surface area (Å²) in [6, 6.07) is 41.0. The maximum Gasteiger partial charge on any atom is 0.417 e. The topological polar surface area (TPSA) is 168 Å². The van der Waals surface area contributed by atoms with Crippen molar-refractivity contribution in [1.82, 2.24) is 9.80 Å². The summed E-state index contributed by atoms with van der Waals surface area (Å²) in [4.78, 5) is 72.2. The van der Waals surface area contributed by atoms with Crippen molar-refractivity contribution in [2.75, 3.05) is 13.2 Å². The van der Waals surface area contributed by atoms with Crippen LogP contribution in [0.1, 0.15) is 59.1 Å². The van der Waals surface area contributed by atoms with E-state index in [0.717, 1.165) is 11.1 Å². The minimum atomic E-state index is -0.906. The quantitative estimate of drug-likeness (QED) is 0.113. The number of aliphatic carboxylic acids is 2. The average Bonchev–Trinajstić information content (AvgIpc) is 3.91. The standard InChI is InChI=1S/C19H18FNO3.C18H16FNO3.C9H9FO2.C8H7FO2/c1-13(15-7-9-16(20)10-8-15)18(22)21-17(12-24-19(21)23)11-14-5-3-2-4-6-14;19-15-8-6-14(7-9-15)11-17(21)20-16(12-23-18(20)22)10-13-4-2-1-3-5-13;1-6(9(11)12)7-2-4-8(10)5-3-7;9-7-3-1-6(2-4-7)5-8(10)11/h2-10,13,17H,11-12H2,1H3;1-9,16H,10-12H2;2-6H,1H3,(H,11,12);1-4H,5H2,(H,10,11)/t13-,17-;16-;6-;/m000./s1. The molecular weight excluding hydrogens is 913 g/mol. The van der Waals surface area contributed by atoms with E-state index in [-0.39, 0.29) is 73.2 Å². The number of carboxylic acid groups (broad SMARTS) is 2. The lowest BCUT2D eigenvalue weighted by Gasteiger charge is -2.23. The van der Waals surface area contributed by atoms with Crippen LogP contribution in [0.4, 0.5) is 27.2 Å². The predicted molar refractivity (Wildman–Crippen MR) is 249 cm³/mol. The summed E-state index contributed by atoms with van der Waals surface area (Å²) < 4.78 is 60.8. The lowest BCUT2D eigenvalue weighted by Crippen LogP contribution is -2.42. The molecule has 0 spiro atoms. The first-order valence-electron chi connectivity index (χ1n) is 22.0. The van der Waals surface area contributed by atoms with Gasteiger partial charge in [0, 0.05) is 0 Å². The van der Waals surface area contributed by atoms with Gasteiger partial charge in [0.15, 0.2) is 0 Å². The number of carboxylic acids is 2. The number of hydrogen-bond donors (Lipinski definition) is 2. The maximum absolute atomic E-state index is 13.0. The van der Waals surface area contributed by atoms with Gasteiger partial charge >= 0.3 is 24.1 Å². The Hall–Kier alpha value is -8.14. The maximum atomic E-state index is 13.0. The lowest BCUT2D eigenvalue weighted by molar-refractivity contribution is -0.138. The first kappa shape index (κ1) is 52.8. The van der Waals surface area contributed by atoms with Crippen LogP contribution >= 0.6 is 0 Å². The Morgan fingerprint density at radius 2 is 0.857 bits per heavy atom. The Labute approximate surface area is 401 Å². The molecule has 4 amide bonds. The van der Waals surface area contributed by atoms with Crippen molar-refractivity contribution in [2.24, 2.45) is 0 Å². The fraction of sp³-hybridized carbons (Fsp3) is 0.222. The van der Waals surface area contributed by atoms with Gasteiger partial charge in [0.1, 0.15) is 36.5 Å². The third-order valence-electron chi connectivity index (χ3n) is 11.1. The smallest absolute Gasteiger partial charge is 0.417 e. The second-order valence-corrected chi connectivity index (χ2v) is 16.2. The largest absolute Gasteiger partial charge is 0.481 e. The molecule has 0 bridgehead atoms. The number of benzene rings is 6. The SMILES string of the molecule is C[C@H](C(=O)N1C(=O)OC[C@@H]1Cc1ccccc1)c1ccc(F)cc1.C[C@H](C(=O)O)c1ccc(F)cc1.O=C(Cc1ccc(F)cc1)N1C(=O)OC[C@@H]1Cc1ccccc1.O=C(O)Cc1ccc(F)cc1. The van der Waals surface area contributed by atoms with Gasteiger partial charge in [0.2, 0.25) is 11.8 Å². The molecular formula is C54H50F4N2O10. The number of cyclic esters (lactones) is 2. The van der Waals surface area contributed by atoms with Crippen molar-refractivity contribution >= 4 is 35.9 Å². The highest BCUT2D eigenvalue weighted by Crippen LogP contribution is 2.25. The van der Waals surface area contributed by atoms with Crippen LogP contribution < -0.4 is 0 Å². The first-order chi connectivity index (χ1) is 33.5. The summed E-state index contributed by atoms with van der Waals surface area (Å²) in [5, 5.41) is 17.0. The van der Waals surface area contributed by atoms with Crippen molar-refractivity contribution in [3.8, 4) is 0 Å². The van der Waals surface area contributed by atoms with Crippen molar-refractivity contribution in [3.63, 3.8) is 0 Å². The molecule has 0 aliphatic carbocycles. The highest BCUT2D eigenvalue weighted by atomic mass is 19.1. The summed E-state index contributed by atoms with van der Waals surface area (Å²) in [5.74, 6) is -5.01. The average molecular weight is 963 g/mol. The predicted octanol–water partition coefficient (Wildman–Crippen LogP) is 9.94. The number of hydrogen-bond acceptors (Lipinski definition) is 8. The zero-order chi connectivity index (χ0) is 50.7. The second-order valence-electron chi connectivity index (χ2n) is 16.2. The Bertz CT molecular complexity index is 2670. The molecule has 6 aromatic carbocycles. The van der Waals surface area contributed by atoms with Crippen LogP contribution in [0.3, 0.4) is 0 Å². The summed E-state index contributed by atoms with van der Waals surface area (Å²) in [6.45, 7) is 3.66. The highest BCUT2D eigenvalue weighted by molar-refractivity contribution is 5.97. The Kier molecular flexibility index (Phi) is 19.5. The second kappa shape index (κ2) is 25.8. The van der Waals surface area contributed by atoms with Crippen LogP contribution in [0.2, 0.25) is 0 Å². The molecule has 364 valence electrons. The normalized spacial score (nSPS) is 15.6. The molecule has 0 aromatic heterocycles. The number of halogens is 4. The van der Waals surface area contributed by atoms with Crippen LogP contribution in [0, 0.1) is 23.3 Å². The first-order valence-corrected chi connectivity index (χ1v) is 22.0. The zero-order valence-corrected chi connectivity index (χ0v) is 38.1. The van der Waals surface area contributed by atoms with E-state index in [4.69, 9.17) is 19.7 Å². The van der Waals surface area contributed by atoms with Crippen molar-refractivity contribution in [3.05, 3.63) is 214 Å². The Balaban J connectivity index is 0.000000184. The molecule has 2 heterocycles. The summed E-state index contributed by atoms with van der Waals surface area (Å²) in [6.07, 6.45) is -0.134. The fourth-order valence-electron chi connectivity index (χ4n) is 7.21. The molecule has 2 saturated heterocycles. The number of rotatable bonds is 12. The van der Waals surface area contributed by atoms with E-state index in [1.807, 2.05) is 60.7 Å². The van der Waals surface area contributed by atoms with Gasteiger partial charge in [-0.1, -0.05) is 109 Å². The van der Waals surface area contributed by atoms with E-state index in [0.29, 0.717) is 35.1 Å². The molecule has 12 nitrogen and oxygen atoms in total. The third kappa shape index (κ3) is 16.0. The highest BCUT2D eigenvalue weighted by Gasteiger charge is 2.40. The van der Waals surface area contributed by atoms with E-state index in [9.17, 15) is 46.3 Å². The van der Waals surface area contributed by atoms with E-state index in [1.54, 1.807) is 38.1 Å². The molecule has 6 aromatic rings. The number of carbonyl (C=O) groups excluding carboxylic acids is 4. The van der Waals surface area contributed by atoms with Crippen molar-refractivity contribution in [2.45, 2.75) is 63.5 Å². The molecule has 8 rings (SSSR count). The van der Waals surface area contributed by atoms with Gasteiger partial charge in [0.05, 0.1) is 36.8 Å². The van der Waals surface area contributed by atoms with Crippen LogP contribution in [0.15, 0.2) is 158 Å². The van der Waals surface area contributed by atoms with Gasteiger partial charge in [0.25, 0.3) is 0 Å². The number of imide groups is 2. The minimum absolute atomic E-state index is 0.0423. The van der Waals surface area contributed by atoms with Gasteiger partial charge in [-0.05, 0) is 109 Å². The Morgan fingerprint density at radius 3 is 1.26 bits per heavy atom. The van der Waals surface area contributed by atoms with Gasteiger partial charge in [-0.3, -0.25) is 19.2 Å². The van der Waals surface area contributed by atoms with Gasteiger partial charge < -0.3 is 19.7 Å². The molecule has 2 fully saturated rings. The van der Waals surface area contributed by atoms with Crippen LogP contribution in [-0.4, -0.2) is 81.2 Å². The number of nitrogens with zero attached hydrogens (tertiary/aromatic N) is 2. The monoisotopic (exact) mass is 962 g/mol. The molecule has 0 radical (unpaired) electrons. The molecule has 16 heteroatoms. The molecule has 0 saturated carbocycles. The minimum Gasteiger partial charge on any atom is -0.481 e. The van der Waals surface area contributed by atoms with E-state index in [1.165, 1.54) is 82.6 Å². The number of carbonyl (C=O) groups is 6. The fourth-order valence-corrected chi connectivity index (χ4v) is 7.21. The van der Waals surface area contributed by atoms with Crippen LogP contribution in [0.5, 0.6) is 0 Å². The summed E-state index contributed by atoms with van der Waals surface area (Å²) in [7, 11) is 0. The van der Waals surface area contributed by atoms with Gasteiger partial charge in [-0.25, -0.2) is 37.0 Å². The lowest BCUT2D eigenvalue weighted by atomic mass is 9.98. The van der Waals surface area contributed by atoms with Crippen LogP contribution in [0.25, 0.3) is 0 Å². The zero-order valence-electron chi connectivity index (χ0n) is 38.1. The summed E-state index contributed by atoms with van der Waals surface area (Å²) in [5.41, 5.74) is 4.63. The van der Waals surface area contributed by atoms with Crippen molar-refractivity contribution in [1.29, 1.82) is 0 Å². The molecule has 2 aliphatic heterocycles. The molecule has 0 unspecified atom stereocenters. The molecule has 2 aliphatic rings. The molecule has 70 heavy (non-hydrogen) atoms. The van der Waals surface area contributed by atoms with E-state index >= 15 is 0 Å². The van der Waals surface area contributed by atoms with Crippen molar-refractivity contribution < 1.29 is 66.0 Å². The van der Waals surface area contributed by atoms with E-state index in [2.05, 4.69) is 0 Å². The number of ether oxygens (including phenoxy) is 2. The molecule has 4 atom stereocenters.